The van der Waals surface area contributed by atoms with Gasteiger partial charge in [-0.3, -0.25) is 0 Å². The van der Waals surface area contributed by atoms with Gasteiger partial charge in [-0.25, -0.2) is 9.59 Å². The Morgan fingerprint density at radius 1 is 0.810 bits per heavy atom. The fourth-order valence-corrected chi connectivity index (χ4v) is 1.06. The van der Waals surface area contributed by atoms with Crippen molar-refractivity contribution in [2.45, 2.75) is 59.2 Å². The summed E-state index contributed by atoms with van der Waals surface area (Å²) in [5, 5.41) is 34.2. The third kappa shape index (κ3) is 32.2. The summed E-state index contributed by atoms with van der Waals surface area (Å²) in [7, 11) is 0. The van der Waals surface area contributed by atoms with Gasteiger partial charge < -0.3 is 20.4 Å². The second-order valence-corrected chi connectivity index (χ2v) is 5.97. The maximum atomic E-state index is 9.60. The summed E-state index contributed by atoms with van der Waals surface area (Å²) in [4.78, 5) is 19.2. The number of hydrogen-bond donors (Lipinski definition) is 4. The summed E-state index contributed by atoms with van der Waals surface area (Å²) in [6, 6.07) is 0. The summed E-state index contributed by atoms with van der Waals surface area (Å²) in [6.07, 6.45) is 0.403. The first-order valence-electron chi connectivity index (χ1n) is 6.22. The molecule has 0 spiro atoms. The Kier molecular flexibility index (Phi) is 11.7. The van der Waals surface area contributed by atoms with Crippen LogP contribution in [0.25, 0.3) is 0 Å². The number of carbonyl (C=O) groups is 2. The van der Waals surface area contributed by atoms with Crippen molar-refractivity contribution in [1.29, 1.82) is 0 Å². The van der Waals surface area contributed by atoms with Gasteiger partial charge in [-0.2, -0.15) is 0 Å². The second kappa shape index (κ2) is 10.1. The number of carboxylic acids is 2. The predicted molar refractivity (Wildman–Crippen MR) is 82.1 cm³/mol. The average molecular weight is 304 g/mol. The van der Waals surface area contributed by atoms with Gasteiger partial charge in [0, 0.05) is 17.6 Å². The van der Waals surface area contributed by atoms with E-state index in [1.165, 1.54) is 13.8 Å². The molecule has 0 fully saturated rings. The third-order valence-corrected chi connectivity index (χ3v) is 1.60. The van der Waals surface area contributed by atoms with E-state index in [0.29, 0.717) is 6.42 Å². The van der Waals surface area contributed by atoms with Crippen LogP contribution in [0.3, 0.4) is 0 Å². The summed E-state index contributed by atoms with van der Waals surface area (Å²) < 4.78 is 0. The zero-order valence-corrected chi connectivity index (χ0v) is 13.7. The molecule has 0 aliphatic carbocycles. The van der Waals surface area contributed by atoms with Crippen molar-refractivity contribution in [3.05, 3.63) is 24.3 Å². The van der Waals surface area contributed by atoms with Crippen LogP contribution in [0, 0.1) is 0 Å². The van der Waals surface area contributed by atoms with Gasteiger partial charge in [-0.1, -0.05) is 13.2 Å². The van der Waals surface area contributed by atoms with Crippen molar-refractivity contribution in [2.75, 3.05) is 0 Å². The molecule has 6 nitrogen and oxygen atoms in total. The molecule has 0 radical (unpaired) electrons. The molecule has 6 heteroatoms. The SMILES string of the molecule is C=C(C)C(=O)O.C=C(C)C(=O)O.CC(C)(O)CC(C)(C)O. The highest BCUT2D eigenvalue weighted by atomic mass is 16.4. The molecule has 4 N–H and O–H groups in total. The van der Waals surface area contributed by atoms with Gasteiger partial charge in [-0.15, -0.1) is 0 Å². The van der Waals surface area contributed by atoms with Crippen LogP contribution < -0.4 is 0 Å². The molecule has 0 aliphatic heterocycles. The second-order valence-electron chi connectivity index (χ2n) is 5.97. The van der Waals surface area contributed by atoms with Crippen molar-refractivity contribution >= 4 is 11.9 Å². The predicted octanol–water partition coefficient (Wildman–Crippen LogP) is 2.21. The van der Waals surface area contributed by atoms with Crippen LogP contribution in [0.1, 0.15) is 48.0 Å². The minimum Gasteiger partial charge on any atom is -0.478 e. The highest BCUT2D eigenvalue weighted by Gasteiger charge is 2.23. The standard InChI is InChI=1S/C7H16O2.2C4H6O2/c1-6(2,8)5-7(3,4)9;2*1-3(2)4(5)6/h8-9H,5H2,1-4H3;2*1H2,2H3,(H,5,6). The van der Waals surface area contributed by atoms with Crippen LogP contribution in [-0.4, -0.2) is 43.6 Å². The summed E-state index contributed by atoms with van der Waals surface area (Å²) in [5.41, 5.74) is -1.18. The van der Waals surface area contributed by atoms with E-state index in [1.54, 1.807) is 27.7 Å². The van der Waals surface area contributed by atoms with E-state index in [9.17, 15) is 19.8 Å². The van der Waals surface area contributed by atoms with Gasteiger partial charge in [0.15, 0.2) is 0 Å². The molecule has 0 aliphatic rings. The molecule has 0 bridgehead atoms. The molecule has 21 heavy (non-hydrogen) atoms. The third-order valence-electron chi connectivity index (χ3n) is 1.60. The van der Waals surface area contributed by atoms with Crippen LogP contribution in [0.4, 0.5) is 0 Å². The summed E-state index contributed by atoms with van der Waals surface area (Å²) >= 11 is 0. The van der Waals surface area contributed by atoms with E-state index < -0.39 is 23.1 Å². The van der Waals surface area contributed by atoms with Crippen molar-refractivity contribution in [3.8, 4) is 0 Å². The Morgan fingerprint density at radius 2 is 0.952 bits per heavy atom. The maximum absolute atomic E-state index is 9.60. The van der Waals surface area contributed by atoms with Crippen LogP contribution in [0.5, 0.6) is 0 Å². The Balaban J connectivity index is -0.000000240. The monoisotopic (exact) mass is 304 g/mol. The molecule has 0 heterocycles. The van der Waals surface area contributed by atoms with Gasteiger partial charge in [0.1, 0.15) is 0 Å². The van der Waals surface area contributed by atoms with Crippen LogP contribution in [0.15, 0.2) is 24.3 Å². The summed E-state index contributed by atoms with van der Waals surface area (Å²) in [5.74, 6) is -1.87. The zero-order chi connectivity index (χ0) is 18.0. The molecule has 0 atom stereocenters. The normalized spacial score (nSPS) is 10.3. The lowest BCUT2D eigenvalue weighted by atomic mass is 9.93. The van der Waals surface area contributed by atoms with Crippen molar-refractivity contribution < 1.29 is 30.0 Å². The quantitative estimate of drug-likeness (QED) is 0.592. The van der Waals surface area contributed by atoms with Gasteiger partial charge >= 0.3 is 11.9 Å². The molecule has 0 aromatic rings. The zero-order valence-electron chi connectivity index (χ0n) is 13.7. The summed E-state index contributed by atoms with van der Waals surface area (Å²) in [6.45, 7) is 15.9. The minimum absolute atomic E-state index is 0.176. The highest BCUT2D eigenvalue weighted by Crippen LogP contribution is 2.18. The minimum atomic E-state index is -0.935. The van der Waals surface area contributed by atoms with Gasteiger partial charge in [0.05, 0.1) is 11.2 Å². The van der Waals surface area contributed by atoms with Crippen molar-refractivity contribution in [2.24, 2.45) is 0 Å². The molecular formula is C15H28O6. The fraction of sp³-hybridized carbons (Fsp3) is 0.600. The van der Waals surface area contributed by atoms with Crippen LogP contribution >= 0.6 is 0 Å². The van der Waals surface area contributed by atoms with Gasteiger partial charge in [0.25, 0.3) is 0 Å². The number of rotatable bonds is 4. The maximum Gasteiger partial charge on any atom is 0.330 e. The Bertz CT molecular complexity index is 309. The number of carboxylic acid groups (broad SMARTS) is 2. The van der Waals surface area contributed by atoms with E-state index in [0.717, 1.165) is 0 Å². The largest absolute Gasteiger partial charge is 0.478 e. The van der Waals surface area contributed by atoms with Crippen molar-refractivity contribution in [1.82, 2.24) is 0 Å². The first kappa shape index (κ1) is 24.4. The highest BCUT2D eigenvalue weighted by molar-refractivity contribution is 5.85. The van der Waals surface area contributed by atoms with Crippen LogP contribution in [0.2, 0.25) is 0 Å². The number of aliphatic hydroxyl groups is 2. The topological polar surface area (TPSA) is 115 Å². The molecule has 124 valence electrons. The smallest absolute Gasteiger partial charge is 0.330 e. The van der Waals surface area contributed by atoms with Crippen LogP contribution in [-0.2, 0) is 9.59 Å². The molecular weight excluding hydrogens is 276 g/mol. The fourth-order valence-electron chi connectivity index (χ4n) is 1.06. The molecule has 0 aromatic carbocycles. The first-order valence-corrected chi connectivity index (χ1v) is 6.22. The van der Waals surface area contributed by atoms with E-state index in [4.69, 9.17) is 10.2 Å². The molecule has 0 amide bonds. The van der Waals surface area contributed by atoms with E-state index in [2.05, 4.69) is 13.2 Å². The van der Waals surface area contributed by atoms with E-state index in [-0.39, 0.29) is 11.1 Å². The lowest BCUT2D eigenvalue weighted by molar-refractivity contribution is -0.133. The number of aliphatic carboxylic acids is 2. The lowest BCUT2D eigenvalue weighted by Crippen LogP contribution is -2.32. The molecule has 0 aromatic heterocycles. The Labute approximate surface area is 126 Å². The Morgan fingerprint density at radius 3 is 0.952 bits per heavy atom. The molecule has 0 saturated carbocycles. The molecule has 0 saturated heterocycles. The first-order chi connectivity index (χ1) is 8.99. The van der Waals surface area contributed by atoms with E-state index in [1.807, 2.05) is 0 Å². The number of hydrogen-bond acceptors (Lipinski definition) is 4. The lowest BCUT2D eigenvalue weighted by Gasteiger charge is -2.26. The van der Waals surface area contributed by atoms with Crippen molar-refractivity contribution in [3.63, 3.8) is 0 Å². The van der Waals surface area contributed by atoms with Gasteiger partial charge in [0.2, 0.25) is 0 Å². The average Bonchev–Trinajstić information content (AvgIpc) is 2.12. The van der Waals surface area contributed by atoms with E-state index >= 15 is 0 Å². The van der Waals surface area contributed by atoms with Gasteiger partial charge in [-0.05, 0) is 41.5 Å². The molecule has 0 rings (SSSR count). The Hall–Kier alpha value is -1.66. The molecule has 0 unspecified atom stereocenters.